The fourth-order valence-electron chi connectivity index (χ4n) is 1.67. The van der Waals surface area contributed by atoms with Gasteiger partial charge < -0.3 is 15.2 Å². The molecule has 1 saturated heterocycles. The van der Waals surface area contributed by atoms with E-state index in [0.717, 1.165) is 31.7 Å². The van der Waals surface area contributed by atoms with Crippen LogP contribution in [0.4, 0.5) is 0 Å². The van der Waals surface area contributed by atoms with Gasteiger partial charge in [-0.1, -0.05) is 12.1 Å². The molecule has 76 valence electrons. The number of phenolic OH excluding ortho intramolecular Hbond substituents is 1. The van der Waals surface area contributed by atoms with E-state index in [9.17, 15) is 0 Å². The van der Waals surface area contributed by atoms with Crippen LogP contribution < -0.4 is 5.32 Å². The van der Waals surface area contributed by atoms with Crippen LogP contribution in [0.2, 0.25) is 0 Å². The summed E-state index contributed by atoms with van der Waals surface area (Å²) < 4.78 is 5.68. The van der Waals surface area contributed by atoms with E-state index >= 15 is 0 Å². The molecule has 0 bridgehead atoms. The van der Waals surface area contributed by atoms with Crippen molar-refractivity contribution >= 4 is 0 Å². The lowest BCUT2D eigenvalue weighted by Crippen LogP contribution is -2.16. The Morgan fingerprint density at radius 2 is 2.00 bits per heavy atom. The average Bonchev–Trinajstić information content (AvgIpc) is 2.47. The lowest BCUT2D eigenvalue weighted by Gasteiger charge is -2.14. The van der Waals surface area contributed by atoms with E-state index in [1.807, 2.05) is 12.1 Å². The van der Waals surface area contributed by atoms with Crippen LogP contribution >= 0.6 is 0 Å². The minimum absolute atomic E-state index is 0.172. The summed E-state index contributed by atoms with van der Waals surface area (Å²) in [6.45, 7) is 2.67. The SMILES string of the molecule is Oc1ccc(C2CCNCCO2)cc1. The Hall–Kier alpha value is -1.06. The normalized spacial score (nSPS) is 23.0. The number of hydrogen-bond donors (Lipinski definition) is 2. The molecule has 0 saturated carbocycles. The van der Waals surface area contributed by atoms with E-state index in [-0.39, 0.29) is 6.10 Å². The minimum atomic E-state index is 0.172. The van der Waals surface area contributed by atoms with Crippen LogP contribution in [0.15, 0.2) is 24.3 Å². The summed E-state index contributed by atoms with van der Waals surface area (Å²) in [4.78, 5) is 0. The van der Waals surface area contributed by atoms with Crippen molar-refractivity contribution in [3.8, 4) is 5.75 Å². The van der Waals surface area contributed by atoms with Crippen molar-refractivity contribution < 1.29 is 9.84 Å². The van der Waals surface area contributed by atoms with Crippen LogP contribution in [0.25, 0.3) is 0 Å². The maximum absolute atomic E-state index is 9.16. The van der Waals surface area contributed by atoms with E-state index in [1.165, 1.54) is 0 Å². The zero-order valence-corrected chi connectivity index (χ0v) is 8.07. The second-order valence-corrected chi connectivity index (χ2v) is 3.49. The summed E-state index contributed by atoms with van der Waals surface area (Å²) in [7, 11) is 0. The fourth-order valence-corrected chi connectivity index (χ4v) is 1.67. The first-order chi connectivity index (χ1) is 6.86. The molecule has 0 amide bonds. The molecule has 1 aliphatic heterocycles. The minimum Gasteiger partial charge on any atom is -0.508 e. The van der Waals surface area contributed by atoms with E-state index in [4.69, 9.17) is 9.84 Å². The van der Waals surface area contributed by atoms with Crippen molar-refractivity contribution in [2.75, 3.05) is 19.7 Å². The molecular formula is C11H15NO2. The third-order valence-corrected chi connectivity index (χ3v) is 2.45. The van der Waals surface area contributed by atoms with Gasteiger partial charge in [0.2, 0.25) is 0 Å². The second-order valence-electron chi connectivity index (χ2n) is 3.49. The molecule has 1 atom stereocenters. The summed E-state index contributed by atoms with van der Waals surface area (Å²) in [5.41, 5.74) is 1.14. The zero-order valence-electron chi connectivity index (χ0n) is 8.07. The Bertz CT molecular complexity index is 276. The average molecular weight is 193 g/mol. The summed E-state index contributed by atoms with van der Waals surface area (Å²) >= 11 is 0. The lowest BCUT2D eigenvalue weighted by atomic mass is 10.1. The topological polar surface area (TPSA) is 41.5 Å². The maximum Gasteiger partial charge on any atom is 0.115 e. The Kier molecular flexibility index (Phi) is 3.01. The molecule has 2 N–H and O–H groups in total. The van der Waals surface area contributed by atoms with Crippen molar-refractivity contribution in [3.05, 3.63) is 29.8 Å². The third-order valence-electron chi connectivity index (χ3n) is 2.45. The van der Waals surface area contributed by atoms with Crippen LogP contribution in [-0.2, 0) is 4.74 Å². The molecule has 0 aliphatic carbocycles. The quantitative estimate of drug-likeness (QED) is 0.709. The van der Waals surface area contributed by atoms with Gasteiger partial charge in [-0.05, 0) is 30.7 Å². The molecule has 1 aromatic rings. The van der Waals surface area contributed by atoms with Crippen LogP contribution in [-0.4, -0.2) is 24.8 Å². The zero-order chi connectivity index (χ0) is 9.80. The maximum atomic E-state index is 9.16. The molecule has 3 heteroatoms. The van der Waals surface area contributed by atoms with Crippen LogP contribution in [0.1, 0.15) is 18.1 Å². The van der Waals surface area contributed by atoms with Gasteiger partial charge in [0.25, 0.3) is 0 Å². The first-order valence-corrected chi connectivity index (χ1v) is 4.97. The lowest BCUT2D eigenvalue weighted by molar-refractivity contribution is 0.0644. The summed E-state index contributed by atoms with van der Waals surface area (Å²) in [6.07, 6.45) is 1.16. The number of benzene rings is 1. The van der Waals surface area contributed by atoms with Crippen LogP contribution in [0.3, 0.4) is 0 Å². The predicted molar refractivity (Wildman–Crippen MR) is 54.3 cm³/mol. The Morgan fingerprint density at radius 3 is 2.79 bits per heavy atom. The number of ether oxygens (including phenoxy) is 1. The Morgan fingerprint density at radius 1 is 1.21 bits per heavy atom. The molecule has 0 radical (unpaired) electrons. The van der Waals surface area contributed by atoms with Gasteiger partial charge in [-0.25, -0.2) is 0 Å². The van der Waals surface area contributed by atoms with E-state index in [0.29, 0.717) is 5.75 Å². The first kappa shape index (κ1) is 9.49. The monoisotopic (exact) mass is 193 g/mol. The van der Waals surface area contributed by atoms with Crippen LogP contribution in [0, 0.1) is 0 Å². The second kappa shape index (κ2) is 4.44. The van der Waals surface area contributed by atoms with E-state index < -0.39 is 0 Å². The predicted octanol–water partition coefficient (Wildman–Crippen LogP) is 1.44. The Labute approximate surface area is 83.7 Å². The van der Waals surface area contributed by atoms with E-state index in [1.54, 1.807) is 12.1 Å². The molecule has 1 fully saturated rings. The van der Waals surface area contributed by atoms with Gasteiger partial charge in [-0.2, -0.15) is 0 Å². The standard InChI is InChI=1S/C11H15NO2/c13-10-3-1-9(2-4-10)11-5-6-12-7-8-14-11/h1-4,11-13H,5-8H2. The van der Waals surface area contributed by atoms with Gasteiger partial charge in [-0.15, -0.1) is 0 Å². The van der Waals surface area contributed by atoms with Gasteiger partial charge in [0.15, 0.2) is 0 Å². The molecule has 1 unspecified atom stereocenters. The van der Waals surface area contributed by atoms with Gasteiger partial charge >= 0.3 is 0 Å². The summed E-state index contributed by atoms with van der Waals surface area (Å²) in [6, 6.07) is 7.25. The molecular weight excluding hydrogens is 178 g/mol. The number of aromatic hydroxyl groups is 1. The molecule has 1 aromatic carbocycles. The number of hydrogen-bond acceptors (Lipinski definition) is 3. The highest BCUT2D eigenvalue weighted by Crippen LogP contribution is 2.23. The number of rotatable bonds is 1. The molecule has 3 nitrogen and oxygen atoms in total. The molecule has 1 aliphatic rings. The van der Waals surface area contributed by atoms with Crippen molar-refractivity contribution in [2.24, 2.45) is 0 Å². The number of phenols is 1. The highest BCUT2D eigenvalue weighted by atomic mass is 16.5. The van der Waals surface area contributed by atoms with Gasteiger partial charge in [0.05, 0.1) is 12.7 Å². The highest BCUT2D eigenvalue weighted by molar-refractivity contribution is 5.27. The number of nitrogens with one attached hydrogen (secondary N) is 1. The van der Waals surface area contributed by atoms with Gasteiger partial charge in [-0.3, -0.25) is 0 Å². The molecule has 14 heavy (non-hydrogen) atoms. The third kappa shape index (κ3) is 2.25. The smallest absolute Gasteiger partial charge is 0.115 e. The molecule has 0 aromatic heterocycles. The Balaban J connectivity index is 2.08. The molecule has 1 heterocycles. The molecule has 2 rings (SSSR count). The fraction of sp³-hybridized carbons (Fsp3) is 0.455. The highest BCUT2D eigenvalue weighted by Gasteiger charge is 2.13. The first-order valence-electron chi connectivity index (χ1n) is 4.97. The summed E-state index contributed by atoms with van der Waals surface area (Å²) in [5.74, 6) is 0.306. The van der Waals surface area contributed by atoms with Gasteiger partial charge in [0.1, 0.15) is 5.75 Å². The summed E-state index contributed by atoms with van der Waals surface area (Å²) in [5, 5.41) is 12.4. The molecule has 0 spiro atoms. The van der Waals surface area contributed by atoms with Gasteiger partial charge in [0, 0.05) is 6.54 Å². The van der Waals surface area contributed by atoms with E-state index in [2.05, 4.69) is 5.32 Å². The largest absolute Gasteiger partial charge is 0.508 e. The van der Waals surface area contributed by atoms with Crippen molar-refractivity contribution in [1.82, 2.24) is 5.32 Å². The van der Waals surface area contributed by atoms with Crippen molar-refractivity contribution in [2.45, 2.75) is 12.5 Å². The van der Waals surface area contributed by atoms with Crippen molar-refractivity contribution in [1.29, 1.82) is 0 Å². The van der Waals surface area contributed by atoms with Crippen LogP contribution in [0.5, 0.6) is 5.75 Å². The van der Waals surface area contributed by atoms with Crippen molar-refractivity contribution in [3.63, 3.8) is 0 Å².